The quantitative estimate of drug-likeness (QED) is 0.215. The lowest BCUT2D eigenvalue weighted by Gasteiger charge is -2.48. The summed E-state index contributed by atoms with van der Waals surface area (Å²) in [5.74, 6) is 0. The van der Waals surface area contributed by atoms with E-state index in [0.717, 1.165) is 22.6 Å². The van der Waals surface area contributed by atoms with Crippen LogP contribution in [0.1, 0.15) is 44.8 Å². The molecule has 0 amide bonds. The van der Waals surface area contributed by atoms with Crippen LogP contribution in [0.25, 0.3) is 22.4 Å². The Bertz CT molecular complexity index is 2090. The van der Waals surface area contributed by atoms with Gasteiger partial charge in [0.15, 0.2) is 0 Å². The summed E-state index contributed by atoms with van der Waals surface area (Å²) in [5, 5.41) is 0. The Hall–Kier alpha value is -5.60. The summed E-state index contributed by atoms with van der Waals surface area (Å²) in [5.41, 5.74) is 13.0. The lowest BCUT2D eigenvalue weighted by Crippen LogP contribution is -2.45. The van der Waals surface area contributed by atoms with Gasteiger partial charge in [0.1, 0.15) is 5.41 Å². The number of nitrogens with zero attached hydrogens (tertiary/aromatic N) is 2. The van der Waals surface area contributed by atoms with Crippen LogP contribution < -0.4 is 0 Å². The summed E-state index contributed by atoms with van der Waals surface area (Å²) in [6.45, 7) is 0. The largest absolute Gasteiger partial charge is 0.260 e. The highest BCUT2D eigenvalue weighted by molar-refractivity contribution is 5.89. The molecule has 2 heterocycles. The summed E-state index contributed by atoms with van der Waals surface area (Å²) in [6.07, 6.45) is 1.91. The van der Waals surface area contributed by atoms with E-state index in [9.17, 15) is 0 Å². The van der Waals surface area contributed by atoms with Crippen LogP contribution in [-0.4, -0.2) is 9.97 Å². The van der Waals surface area contributed by atoms with E-state index in [2.05, 4.69) is 152 Å². The number of pyridine rings is 2. The Labute approximate surface area is 257 Å². The van der Waals surface area contributed by atoms with Crippen LogP contribution in [0, 0.1) is 0 Å². The molecule has 0 radical (unpaired) electrons. The Morgan fingerprint density at radius 2 is 0.818 bits per heavy atom. The summed E-state index contributed by atoms with van der Waals surface area (Å²) >= 11 is 0. The van der Waals surface area contributed by atoms with Crippen LogP contribution in [0.5, 0.6) is 0 Å². The molecule has 1 spiro atoms. The van der Waals surface area contributed by atoms with Crippen LogP contribution in [-0.2, 0) is 10.8 Å². The predicted molar refractivity (Wildman–Crippen MR) is 177 cm³/mol. The molecule has 2 aliphatic carbocycles. The highest BCUT2D eigenvalue weighted by Gasteiger charge is 2.57. The van der Waals surface area contributed by atoms with Crippen molar-refractivity contribution >= 4 is 0 Å². The highest BCUT2D eigenvalue weighted by Crippen LogP contribution is 2.64. The summed E-state index contributed by atoms with van der Waals surface area (Å²) in [7, 11) is 0. The molecule has 2 nitrogen and oxygen atoms in total. The first kappa shape index (κ1) is 24.9. The van der Waals surface area contributed by atoms with E-state index in [1.165, 1.54) is 44.5 Å². The van der Waals surface area contributed by atoms with Crippen molar-refractivity contribution in [3.8, 4) is 22.4 Å². The van der Waals surface area contributed by atoms with Crippen molar-refractivity contribution in [2.24, 2.45) is 0 Å². The average Bonchev–Trinajstić information content (AvgIpc) is 3.41. The summed E-state index contributed by atoms with van der Waals surface area (Å²) in [6, 6.07) is 59.0. The van der Waals surface area contributed by atoms with Gasteiger partial charge in [-0.2, -0.15) is 0 Å². The number of hydrogen-bond acceptors (Lipinski definition) is 2. The molecule has 0 fully saturated rings. The van der Waals surface area contributed by atoms with E-state index >= 15 is 0 Å². The van der Waals surface area contributed by atoms with Gasteiger partial charge in [-0.05, 0) is 68.8 Å². The molecule has 0 N–H and O–H groups in total. The maximum absolute atomic E-state index is 5.48. The van der Waals surface area contributed by atoms with Gasteiger partial charge in [-0.3, -0.25) is 9.97 Å². The molecule has 2 aromatic heterocycles. The predicted octanol–water partition coefficient (Wildman–Crippen LogP) is 9.20. The van der Waals surface area contributed by atoms with E-state index in [-0.39, 0.29) is 0 Å². The molecule has 44 heavy (non-hydrogen) atoms. The monoisotopic (exact) mass is 560 g/mol. The maximum atomic E-state index is 5.48. The standard InChI is InChI=1S/C42H28N2/c1-2-15-29(16-3-1)38-25-14-27-40(44-38)42(39-26-12-13-28-43-39)36-23-10-8-21-34(36)41(35-22-9-11-24-37(35)42)32-19-6-4-17-30(32)31-18-5-7-20-33(31)41/h1-28H. The minimum Gasteiger partial charge on any atom is -0.260 e. The van der Waals surface area contributed by atoms with E-state index in [1.807, 2.05) is 18.3 Å². The second-order valence-corrected chi connectivity index (χ2v) is 11.7. The third-order valence-electron chi connectivity index (χ3n) is 9.67. The summed E-state index contributed by atoms with van der Waals surface area (Å²) < 4.78 is 0. The molecular formula is C42H28N2. The molecule has 206 valence electrons. The topological polar surface area (TPSA) is 25.8 Å². The van der Waals surface area contributed by atoms with Crippen LogP contribution in [0.4, 0.5) is 0 Å². The molecular weight excluding hydrogens is 532 g/mol. The molecule has 0 aliphatic heterocycles. The van der Waals surface area contributed by atoms with Crippen molar-refractivity contribution in [1.82, 2.24) is 9.97 Å². The molecule has 9 rings (SSSR count). The number of aromatic nitrogens is 2. The normalized spacial score (nSPS) is 14.7. The van der Waals surface area contributed by atoms with Crippen LogP contribution in [0.3, 0.4) is 0 Å². The van der Waals surface area contributed by atoms with Gasteiger partial charge in [-0.25, -0.2) is 0 Å². The Kier molecular flexibility index (Phi) is 5.36. The zero-order valence-corrected chi connectivity index (χ0v) is 24.1. The first-order valence-corrected chi connectivity index (χ1v) is 15.2. The van der Waals surface area contributed by atoms with Crippen molar-refractivity contribution in [2.75, 3.05) is 0 Å². The molecule has 0 saturated heterocycles. The Morgan fingerprint density at radius 3 is 1.39 bits per heavy atom. The molecule has 5 aromatic carbocycles. The van der Waals surface area contributed by atoms with Gasteiger partial charge in [-0.15, -0.1) is 0 Å². The van der Waals surface area contributed by atoms with E-state index in [0.29, 0.717) is 0 Å². The van der Waals surface area contributed by atoms with Gasteiger partial charge in [0.25, 0.3) is 0 Å². The number of fused-ring (bicyclic) bond motifs is 9. The first-order valence-electron chi connectivity index (χ1n) is 15.2. The minimum absolute atomic E-state index is 0.476. The molecule has 0 bridgehead atoms. The third-order valence-corrected chi connectivity index (χ3v) is 9.67. The Morgan fingerprint density at radius 1 is 0.341 bits per heavy atom. The third kappa shape index (κ3) is 3.15. The minimum atomic E-state index is -0.739. The first-order chi connectivity index (χ1) is 21.8. The van der Waals surface area contributed by atoms with Crippen molar-refractivity contribution in [1.29, 1.82) is 0 Å². The van der Waals surface area contributed by atoms with Crippen molar-refractivity contribution in [3.63, 3.8) is 0 Å². The van der Waals surface area contributed by atoms with Crippen LogP contribution >= 0.6 is 0 Å². The fourth-order valence-electron chi connectivity index (χ4n) is 8.06. The lowest BCUT2D eigenvalue weighted by atomic mass is 9.53. The smallest absolute Gasteiger partial charge is 0.105 e. The van der Waals surface area contributed by atoms with Gasteiger partial charge in [0.2, 0.25) is 0 Å². The number of benzene rings is 5. The van der Waals surface area contributed by atoms with Gasteiger partial charge < -0.3 is 0 Å². The van der Waals surface area contributed by atoms with E-state index in [4.69, 9.17) is 9.97 Å². The second-order valence-electron chi connectivity index (χ2n) is 11.7. The van der Waals surface area contributed by atoms with E-state index < -0.39 is 10.8 Å². The van der Waals surface area contributed by atoms with Gasteiger partial charge in [0.05, 0.1) is 22.5 Å². The SMILES string of the molecule is c1ccc(-c2cccc(C3(c4ccccn4)c4ccccc4C4(c5ccccc5-c5ccccc54)c4ccccc43)n2)cc1. The number of hydrogen-bond donors (Lipinski definition) is 0. The summed E-state index contributed by atoms with van der Waals surface area (Å²) in [4.78, 5) is 10.6. The van der Waals surface area contributed by atoms with Gasteiger partial charge >= 0.3 is 0 Å². The zero-order valence-electron chi connectivity index (χ0n) is 24.1. The van der Waals surface area contributed by atoms with E-state index in [1.54, 1.807) is 0 Å². The molecule has 0 atom stereocenters. The molecule has 0 saturated carbocycles. The molecule has 2 aliphatic rings. The second kappa shape index (κ2) is 9.45. The average molecular weight is 561 g/mol. The van der Waals surface area contributed by atoms with Crippen molar-refractivity contribution < 1.29 is 0 Å². The fraction of sp³-hybridized carbons (Fsp3) is 0.0476. The van der Waals surface area contributed by atoms with Gasteiger partial charge in [-0.1, -0.05) is 140 Å². The van der Waals surface area contributed by atoms with Crippen LogP contribution in [0.2, 0.25) is 0 Å². The Balaban J connectivity index is 1.46. The molecule has 7 aromatic rings. The van der Waals surface area contributed by atoms with Gasteiger partial charge in [0, 0.05) is 11.8 Å². The molecule has 0 unspecified atom stereocenters. The lowest BCUT2D eigenvalue weighted by molar-refractivity contribution is 0.599. The fourth-order valence-corrected chi connectivity index (χ4v) is 8.06. The number of rotatable bonds is 3. The van der Waals surface area contributed by atoms with Crippen LogP contribution in [0.15, 0.2) is 170 Å². The van der Waals surface area contributed by atoms with Crippen molar-refractivity contribution in [2.45, 2.75) is 10.8 Å². The molecule has 2 heteroatoms. The zero-order chi connectivity index (χ0) is 29.1. The maximum Gasteiger partial charge on any atom is 0.105 e. The highest BCUT2D eigenvalue weighted by atomic mass is 14.8. The van der Waals surface area contributed by atoms with Crippen molar-refractivity contribution in [3.05, 3.63) is 215 Å².